The lowest BCUT2D eigenvalue weighted by molar-refractivity contribution is -0.125. The van der Waals surface area contributed by atoms with Gasteiger partial charge in [0.25, 0.3) is 0 Å². The maximum absolute atomic E-state index is 11.2. The van der Waals surface area contributed by atoms with Crippen molar-refractivity contribution in [2.24, 2.45) is 5.73 Å². The van der Waals surface area contributed by atoms with Crippen LogP contribution in [0.25, 0.3) is 0 Å². The molecule has 0 atom stereocenters. The maximum Gasteiger partial charge on any atom is 0.239 e. The van der Waals surface area contributed by atoms with Gasteiger partial charge in [-0.2, -0.15) is 5.10 Å². The Kier molecular flexibility index (Phi) is 4.93. The van der Waals surface area contributed by atoms with Gasteiger partial charge in [-0.05, 0) is 0 Å². The molecule has 2 amide bonds. The van der Waals surface area contributed by atoms with E-state index in [1.807, 2.05) is 0 Å². The molecule has 1 heterocycles. The zero-order valence-electron chi connectivity index (χ0n) is 8.69. The van der Waals surface area contributed by atoms with Gasteiger partial charge in [0, 0.05) is 13.0 Å². The van der Waals surface area contributed by atoms with Gasteiger partial charge in [0.05, 0.1) is 13.1 Å². The monoisotopic (exact) mass is 226 g/mol. The average Bonchev–Trinajstić information content (AvgIpc) is 2.79. The third kappa shape index (κ3) is 4.51. The molecule has 8 nitrogen and oxygen atoms in total. The van der Waals surface area contributed by atoms with Crippen LogP contribution in [0, 0.1) is 0 Å². The Morgan fingerprint density at radius 1 is 1.38 bits per heavy atom. The zero-order valence-corrected chi connectivity index (χ0v) is 8.69. The highest BCUT2D eigenvalue weighted by Gasteiger charge is 2.03. The molecule has 5 N–H and O–H groups in total. The van der Waals surface area contributed by atoms with Crippen molar-refractivity contribution in [3.63, 3.8) is 0 Å². The standard InChI is InChI=1S/C8H14N6O2/c9-3-7(15)11-4-8(16)10-2-1-6-12-5-13-14-6/h5H,1-4,9H2,(H,10,16)(H,11,15)(H,12,13,14). The van der Waals surface area contributed by atoms with Gasteiger partial charge >= 0.3 is 0 Å². The number of carbonyl (C=O) groups excluding carboxylic acids is 2. The third-order valence-corrected chi connectivity index (χ3v) is 1.78. The van der Waals surface area contributed by atoms with E-state index in [9.17, 15) is 9.59 Å². The summed E-state index contributed by atoms with van der Waals surface area (Å²) in [4.78, 5) is 25.8. The molecular formula is C8H14N6O2. The number of carbonyl (C=O) groups is 2. The highest BCUT2D eigenvalue weighted by molar-refractivity contribution is 5.85. The van der Waals surface area contributed by atoms with E-state index in [-0.39, 0.29) is 24.9 Å². The lowest BCUT2D eigenvalue weighted by atomic mass is 10.4. The van der Waals surface area contributed by atoms with Crippen LogP contribution < -0.4 is 16.4 Å². The second-order valence-electron chi connectivity index (χ2n) is 3.01. The van der Waals surface area contributed by atoms with E-state index < -0.39 is 0 Å². The SMILES string of the molecule is NCC(=O)NCC(=O)NCCc1ncn[nH]1. The summed E-state index contributed by atoms with van der Waals surface area (Å²) in [6.45, 7) is 0.254. The molecule has 1 rings (SSSR count). The molecule has 1 aromatic rings. The second-order valence-corrected chi connectivity index (χ2v) is 3.01. The van der Waals surface area contributed by atoms with Crippen LogP contribution in [0.2, 0.25) is 0 Å². The summed E-state index contributed by atoms with van der Waals surface area (Å²) in [7, 11) is 0. The first-order chi connectivity index (χ1) is 7.72. The van der Waals surface area contributed by atoms with Crippen LogP contribution in [0.15, 0.2) is 6.33 Å². The van der Waals surface area contributed by atoms with Gasteiger partial charge in [-0.15, -0.1) is 0 Å². The Labute approximate surface area is 92.0 Å². The molecule has 0 aliphatic heterocycles. The van der Waals surface area contributed by atoms with E-state index in [2.05, 4.69) is 25.8 Å². The third-order valence-electron chi connectivity index (χ3n) is 1.78. The molecule has 0 saturated carbocycles. The summed E-state index contributed by atoms with van der Waals surface area (Å²) >= 11 is 0. The van der Waals surface area contributed by atoms with Crippen molar-refractivity contribution in [2.75, 3.05) is 19.6 Å². The molecule has 0 bridgehead atoms. The van der Waals surface area contributed by atoms with Crippen LogP contribution in [0.5, 0.6) is 0 Å². The molecule has 16 heavy (non-hydrogen) atoms. The van der Waals surface area contributed by atoms with E-state index in [0.717, 1.165) is 0 Å². The number of amides is 2. The van der Waals surface area contributed by atoms with Crippen molar-refractivity contribution in [3.05, 3.63) is 12.2 Å². The highest BCUT2D eigenvalue weighted by Crippen LogP contribution is 1.84. The molecule has 0 spiro atoms. The molecule has 0 fully saturated rings. The molecule has 1 aromatic heterocycles. The van der Waals surface area contributed by atoms with Gasteiger partial charge in [-0.3, -0.25) is 14.7 Å². The van der Waals surface area contributed by atoms with Crippen molar-refractivity contribution < 1.29 is 9.59 Å². The number of H-pyrrole nitrogens is 1. The first-order valence-corrected chi connectivity index (χ1v) is 4.80. The second kappa shape index (κ2) is 6.51. The van der Waals surface area contributed by atoms with Crippen molar-refractivity contribution >= 4 is 11.8 Å². The first-order valence-electron chi connectivity index (χ1n) is 4.80. The number of rotatable bonds is 6. The number of nitrogens with zero attached hydrogens (tertiary/aromatic N) is 2. The van der Waals surface area contributed by atoms with Gasteiger partial charge in [-0.1, -0.05) is 0 Å². The van der Waals surface area contributed by atoms with Crippen LogP contribution in [0.4, 0.5) is 0 Å². The van der Waals surface area contributed by atoms with Crippen molar-refractivity contribution in [1.29, 1.82) is 0 Å². The minimum Gasteiger partial charge on any atom is -0.354 e. The van der Waals surface area contributed by atoms with Gasteiger partial charge in [0.1, 0.15) is 12.2 Å². The van der Waals surface area contributed by atoms with E-state index in [0.29, 0.717) is 18.8 Å². The van der Waals surface area contributed by atoms with Crippen LogP contribution in [-0.2, 0) is 16.0 Å². The smallest absolute Gasteiger partial charge is 0.239 e. The van der Waals surface area contributed by atoms with Crippen LogP contribution in [0.3, 0.4) is 0 Å². The molecule has 88 valence electrons. The predicted octanol–water partition coefficient (Wildman–Crippen LogP) is -2.46. The fourth-order valence-corrected chi connectivity index (χ4v) is 0.985. The molecule has 8 heteroatoms. The van der Waals surface area contributed by atoms with Gasteiger partial charge in [-0.25, -0.2) is 4.98 Å². The van der Waals surface area contributed by atoms with Gasteiger partial charge in [0.15, 0.2) is 0 Å². The highest BCUT2D eigenvalue weighted by atomic mass is 16.2. The van der Waals surface area contributed by atoms with Crippen LogP contribution >= 0.6 is 0 Å². The lowest BCUT2D eigenvalue weighted by Gasteiger charge is -2.04. The lowest BCUT2D eigenvalue weighted by Crippen LogP contribution is -2.40. The number of nitrogens with two attached hydrogens (primary N) is 1. The molecule has 0 saturated heterocycles. The summed E-state index contributed by atoms with van der Waals surface area (Å²) in [6, 6.07) is 0. The zero-order chi connectivity index (χ0) is 11.8. The number of aromatic amines is 1. The Morgan fingerprint density at radius 3 is 2.81 bits per heavy atom. The number of aromatic nitrogens is 3. The van der Waals surface area contributed by atoms with E-state index in [1.54, 1.807) is 0 Å². The molecule has 0 aliphatic carbocycles. The largest absolute Gasteiger partial charge is 0.354 e. The summed E-state index contributed by atoms with van der Waals surface area (Å²) < 4.78 is 0. The Bertz CT molecular complexity index is 336. The number of hydrogen-bond acceptors (Lipinski definition) is 5. The normalized spacial score (nSPS) is 9.81. The van der Waals surface area contributed by atoms with E-state index in [4.69, 9.17) is 5.73 Å². The van der Waals surface area contributed by atoms with Gasteiger partial charge in [0.2, 0.25) is 11.8 Å². The Balaban J connectivity index is 2.09. The maximum atomic E-state index is 11.2. The van der Waals surface area contributed by atoms with E-state index in [1.165, 1.54) is 6.33 Å². The van der Waals surface area contributed by atoms with Crippen molar-refractivity contribution in [1.82, 2.24) is 25.8 Å². The van der Waals surface area contributed by atoms with E-state index >= 15 is 0 Å². The fourth-order valence-electron chi connectivity index (χ4n) is 0.985. The molecular weight excluding hydrogens is 212 g/mol. The molecule has 0 unspecified atom stereocenters. The predicted molar refractivity (Wildman–Crippen MR) is 55.2 cm³/mol. The minimum absolute atomic E-state index is 0.0631. The topological polar surface area (TPSA) is 126 Å². The number of nitrogens with one attached hydrogen (secondary N) is 3. The summed E-state index contributed by atoms with van der Waals surface area (Å²) in [5.41, 5.74) is 5.06. The molecule has 0 aliphatic rings. The Hall–Kier alpha value is -1.96. The van der Waals surface area contributed by atoms with Crippen molar-refractivity contribution in [3.8, 4) is 0 Å². The number of hydrogen-bond donors (Lipinski definition) is 4. The minimum atomic E-state index is -0.356. The summed E-state index contributed by atoms with van der Waals surface area (Å²) in [5.74, 6) is 0.0815. The average molecular weight is 226 g/mol. The van der Waals surface area contributed by atoms with Crippen molar-refractivity contribution in [2.45, 2.75) is 6.42 Å². The Morgan fingerprint density at radius 2 is 2.19 bits per heavy atom. The molecule has 0 radical (unpaired) electrons. The fraction of sp³-hybridized carbons (Fsp3) is 0.500. The first kappa shape index (κ1) is 12.1. The quantitative estimate of drug-likeness (QED) is 0.428. The van der Waals surface area contributed by atoms with Crippen LogP contribution in [-0.4, -0.2) is 46.6 Å². The van der Waals surface area contributed by atoms with Gasteiger partial charge < -0.3 is 16.4 Å². The summed E-state index contributed by atoms with van der Waals surface area (Å²) in [6.07, 6.45) is 1.97. The summed E-state index contributed by atoms with van der Waals surface area (Å²) in [5, 5.41) is 11.3. The molecule has 0 aromatic carbocycles. The van der Waals surface area contributed by atoms with Crippen LogP contribution in [0.1, 0.15) is 5.82 Å².